The molecular formula is C27H21BrFN5O2. The van der Waals surface area contributed by atoms with Crippen LogP contribution in [0, 0.1) is 5.82 Å². The molecule has 0 spiro atoms. The summed E-state index contributed by atoms with van der Waals surface area (Å²) in [6.45, 7) is 0.634. The minimum Gasteiger partial charge on any atom is -0.370 e. The maximum atomic E-state index is 15.4. The van der Waals surface area contributed by atoms with E-state index in [9.17, 15) is 4.79 Å². The van der Waals surface area contributed by atoms with Crippen molar-refractivity contribution in [2.45, 2.75) is 19.3 Å². The molecule has 1 atom stereocenters. The first-order valence-electron chi connectivity index (χ1n) is 11.4. The zero-order valence-electron chi connectivity index (χ0n) is 19.3. The maximum Gasteiger partial charge on any atom is 0.280 e. The number of H-pyrrole nitrogens is 1. The van der Waals surface area contributed by atoms with E-state index in [1.165, 1.54) is 6.07 Å². The monoisotopic (exact) mass is 545 g/mol. The third-order valence-electron chi connectivity index (χ3n) is 6.45. The molecule has 9 heteroatoms. The van der Waals surface area contributed by atoms with Crippen molar-refractivity contribution in [3.63, 3.8) is 0 Å². The predicted octanol–water partition coefficient (Wildman–Crippen LogP) is 5.66. The standard InChI is InChI=1S/C27H21BrFN5O2/c1-33-23(14-36-13-16-5-3-2-4-6-16)24-25(32-33)27(35)34(18-8-10-21-22(12-18)31-15-30-21)26(24)19-9-7-17(28)11-20(19)29/h2-12,15,26H,13-14H2,1H3,(H,30,31). The Balaban J connectivity index is 1.44. The molecule has 5 aromatic rings. The molecular weight excluding hydrogens is 525 g/mol. The SMILES string of the molecule is Cn1nc2c(c1COCc1ccccc1)C(c1ccc(Br)cc1F)N(c1ccc3nc[nH]c3c1)C2=O. The lowest BCUT2D eigenvalue weighted by Crippen LogP contribution is -2.30. The fourth-order valence-electron chi connectivity index (χ4n) is 4.75. The molecule has 1 amide bonds. The van der Waals surface area contributed by atoms with Crippen LogP contribution < -0.4 is 4.90 Å². The summed E-state index contributed by atoms with van der Waals surface area (Å²) in [4.78, 5) is 22.7. The van der Waals surface area contributed by atoms with Crippen molar-refractivity contribution in [1.82, 2.24) is 19.7 Å². The number of hydrogen-bond donors (Lipinski definition) is 1. The van der Waals surface area contributed by atoms with Gasteiger partial charge in [-0.1, -0.05) is 52.3 Å². The minimum atomic E-state index is -0.704. The number of aromatic nitrogens is 4. The van der Waals surface area contributed by atoms with Crippen LogP contribution in [0.2, 0.25) is 0 Å². The van der Waals surface area contributed by atoms with Crippen molar-refractivity contribution in [2.24, 2.45) is 7.05 Å². The summed E-state index contributed by atoms with van der Waals surface area (Å²) in [6, 6.07) is 19.5. The van der Waals surface area contributed by atoms with Gasteiger partial charge in [0.25, 0.3) is 5.91 Å². The Morgan fingerprint density at radius 3 is 2.72 bits per heavy atom. The number of fused-ring (bicyclic) bond motifs is 2. The average Bonchev–Trinajstić information content (AvgIpc) is 3.54. The molecule has 1 aliphatic rings. The van der Waals surface area contributed by atoms with E-state index >= 15 is 4.39 Å². The van der Waals surface area contributed by atoms with E-state index in [1.54, 1.807) is 35.1 Å². The van der Waals surface area contributed by atoms with Crippen molar-refractivity contribution in [3.8, 4) is 0 Å². The van der Waals surface area contributed by atoms with E-state index in [2.05, 4.69) is 31.0 Å². The van der Waals surface area contributed by atoms with Crippen LogP contribution in [0.25, 0.3) is 11.0 Å². The van der Waals surface area contributed by atoms with Crippen LogP contribution in [-0.4, -0.2) is 25.7 Å². The van der Waals surface area contributed by atoms with Crippen molar-refractivity contribution in [1.29, 1.82) is 0 Å². The summed E-state index contributed by atoms with van der Waals surface area (Å²) < 4.78 is 23.7. The van der Waals surface area contributed by atoms with E-state index < -0.39 is 11.9 Å². The van der Waals surface area contributed by atoms with Crippen LogP contribution in [0.3, 0.4) is 0 Å². The minimum absolute atomic E-state index is 0.225. The molecule has 180 valence electrons. The fourth-order valence-corrected chi connectivity index (χ4v) is 5.08. The lowest BCUT2D eigenvalue weighted by Gasteiger charge is -2.27. The Kier molecular flexibility index (Phi) is 5.66. The number of nitrogens with zero attached hydrogens (tertiary/aromatic N) is 4. The number of nitrogens with one attached hydrogen (secondary N) is 1. The van der Waals surface area contributed by atoms with E-state index in [0.717, 1.165) is 22.3 Å². The summed E-state index contributed by atoms with van der Waals surface area (Å²) in [7, 11) is 1.78. The molecule has 0 saturated carbocycles. The lowest BCUT2D eigenvalue weighted by atomic mass is 9.98. The van der Waals surface area contributed by atoms with Crippen LogP contribution in [0.4, 0.5) is 10.1 Å². The highest BCUT2D eigenvalue weighted by molar-refractivity contribution is 9.10. The molecule has 36 heavy (non-hydrogen) atoms. The smallest absolute Gasteiger partial charge is 0.280 e. The van der Waals surface area contributed by atoms with Crippen molar-refractivity contribution >= 4 is 38.6 Å². The molecule has 0 saturated heterocycles. The van der Waals surface area contributed by atoms with Gasteiger partial charge in [-0.15, -0.1) is 0 Å². The van der Waals surface area contributed by atoms with E-state index in [-0.39, 0.29) is 12.5 Å². The molecule has 7 nitrogen and oxygen atoms in total. The summed E-state index contributed by atoms with van der Waals surface area (Å²) >= 11 is 3.34. The Hall–Kier alpha value is -3.82. The molecule has 1 N–H and O–H groups in total. The number of rotatable bonds is 6. The fraction of sp³-hybridized carbons (Fsp3) is 0.148. The molecule has 1 aliphatic heterocycles. The molecule has 0 bridgehead atoms. The van der Waals surface area contributed by atoms with Crippen molar-refractivity contribution < 1.29 is 13.9 Å². The average molecular weight is 546 g/mol. The van der Waals surface area contributed by atoms with Crippen molar-refractivity contribution in [3.05, 3.63) is 111 Å². The Morgan fingerprint density at radius 1 is 1.08 bits per heavy atom. The summed E-state index contributed by atoms with van der Waals surface area (Å²) in [5, 5.41) is 4.54. The number of anilines is 1. The van der Waals surface area contributed by atoms with Gasteiger partial charge in [0.1, 0.15) is 5.82 Å². The number of halogens is 2. The van der Waals surface area contributed by atoms with Gasteiger partial charge in [0.15, 0.2) is 5.69 Å². The Bertz CT molecular complexity index is 1600. The van der Waals surface area contributed by atoms with Gasteiger partial charge in [-0.3, -0.25) is 14.4 Å². The third-order valence-corrected chi connectivity index (χ3v) is 6.94. The van der Waals surface area contributed by atoms with Gasteiger partial charge >= 0.3 is 0 Å². The number of aromatic amines is 1. The predicted molar refractivity (Wildman–Crippen MR) is 137 cm³/mol. The van der Waals surface area contributed by atoms with Crippen LogP contribution >= 0.6 is 15.9 Å². The first-order valence-corrected chi connectivity index (χ1v) is 12.2. The first kappa shape index (κ1) is 22.6. The highest BCUT2D eigenvalue weighted by Gasteiger charge is 2.45. The lowest BCUT2D eigenvalue weighted by molar-refractivity contribution is 0.0980. The van der Waals surface area contributed by atoms with E-state index in [4.69, 9.17) is 4.74 Å². The Morgan fingerprint density at radius 2 is 1.92 bits per heavy atom. The number of imidazole rings is 1. The molecule has 3 aromatic carbocycles. The van der Waals surface area contributed by atoms with Crippen LogP contribution in [-0.2, 0) is 25.0 Å². The third kappa shape index (κ3) is 3.81. The maximum absolute atomic E-state index is 15.4. The number of benzene rings is 3. The number of carbonyl (C=O) groups is 1. The number of aryl methyl sites for hydroxylation is 1. The van der Waals surface area contributed by atoms with Gasteiger partial charge in [0.05, 0.1) is 42.3 Å². The zero-order chi connectivity index (χ0) is 24.8. The van der Waals surface area contributed by atoms with Crippen LogP contribution in [0.15, 0.2) is 77.5 Å². The van der Waals surface area contributed by atoms with Crippen LogP contribution in [0.5, 0.6) is 0 Å². The van der Waals surface area contributed by atoms with E-state index in [1.807, 2.05) is 48.5 Å². The van der Waals surface area contributed by atoms with Gasteiger partial charge < -0.3 is 9.72 Å². The van der Waals surface area contributed by atoms with Crippen molar-refractivity contribution in [2.75, 3.05) is 4.90 Å². The number of carbonyl (C=O) groups excluding carboxylic acids is 1. The van der Waals surface area contributed by atoms with Gasteiger partial charge in [-0.25, -0.2) is 9.37 Å². The Labute approximate surface area is 214 Å². The summed E-state index contributed by atoms with van der Waals surface area (Å²) in [5.74, 6) is -0.705. The van der Waals surface area contributed by atoms with E-state index in [0.29, 0.717) is 33.6 Å². The van der Waals surface area contributed by atoms with Gasteiger partial charge in [-0.05, 0) is 35.9 Å². The number of ether oxygens (including phenoxy) is 1. The summed E-state index contributed by atoms with van der Waals surface area (Å²) in [6.07, 6.45) is 1.60. The molecule has 6 rings (SSSR count). The second kappa shape index (κ2) is 9.00. The number of hydrogen-bond acceptors (Lipinski definition) is 4. The normalized spacial score (nSPS) is 15.1. The van der Waals surface area contributed by atoms with Gasteiger partial charge in [0, 0.05) is 28.3 Å². The topological polar surface area (TPSA) is 76.0 Å². The highest BCUT2D eigenvalue weighted by Crippen LogP contribution is 2.44. The number of amides is 1. The highest BCUT2D eigenvalue weighted by atomic mass is 79.9. The second-order valence-corrected chi connectivity index (χ2v) is 9.57. The molecule has 1 unspecified atom stereocenters. The van der Waals surface area contributed by atoms with Gasteiger partial charge in [-0.2, -0.15) is 5.10 Å². The quantitative estimate of drug-likeness (QED) is 0.298. The first-order chi connectivity index (χ1) is 17.5. The van der Waals surface area contributed by atoms with Gasteiger partial charge in [0.2, 0.25) is 0 Å². The largest absolute Gasteiger partial charge is 0.370 e. The molecule has 3 heterocycles. The molecule has 2 aromatic heterocycles. The van der Waals surface area contributed by atoms with Crippen LogP contribution in [0.1, 0.15) is 38.9 Å². The molecule has 0 fully saturated rings. The zero-order valence-corrected chi connectivity index (χ0v) is 20.9. The molecule has 0 aliphatic carbocycles. The summed E-state index contributed by atoms with van der Waals surface area (Å²) in [5.41, 5.74) is 5.29. The molecule has 0 radical (unpaired) electrons. The second-order valence-electron chi connectivity index (χ2n) is 8.66.